The number of ether oxygens (including phenoxy) is 1. The number of carbonyl (C=O) groups is 1. The minimum absolute atomic E-state index is 0.00695. The number of hydrogen-bond donors (Lipinski definition) is 2. The van der Waals surface area contributed by atoms with Gasteiger partial charge in [-0.05, 0) is 37.3 Å². The van der Waals surface area contributed by atoms with Crippen LogP contribution >= 0.6 is 0 Å². The summed E-state index contributed by atoms with van der Waals surface area (Å²) in [7, 11) is 0. The minimum Gasteiger partial charge on any atom is -0.493 e. The SMILES string of the molecule is O=C(NC1CCOc2ccccc21)C1NCC2CCCC21. The van der Waals surface area contributed by atoms with E-state index in [2.05, 4.69) is 16.7 Å². The first kappa shape index (κ1) is 13.1. The summed E-state index contributed by atoms with van der Waals surface area (Å²) in [5, 5.41) is 6.68. The van der Waals surface area contributed by atoms with E-state index in [4.69, 9.17) is 4.74 Å². The largest absolute Gasteiger partial charge is 0.493 e. The van der Waals surface area contributed by atoms with Crippen molar-refractivity contribution in [2.75, 3.05) is 13.2 Å². The fourth-order valence-electron chi connectivity index (χ4n) is 4.23. The fraction of sp³-hybridized carbons (Fsp3) is 0.588. The molecule has 1 aromatic rings. The molecular weight excluding hydrogens is 264 g/mol. The predicted molar refractivity (Wildman–Crippen MR) is 80.1 cm³/mol. The Labute approximate surface area is 125 Å². The van der Waals surface area contributed by atoms with Crippen LogP contribution in [0.5, 0.6) is 5.75 Å². The molecule has 4 rings (SSSR count). The maximum atomic E-state index is 12.7. The summed E-state index contributed by atoms with van der Waals surface area (Å²) >= 11 is 0. The molecule has 0 spiro atoms. The molecule has 1 aromatic carbocycles. The van der Waals surface area contributed by atoms with Gasteiger partial charge in [-0.25, -0.2) is 0 Å². The van der Waals surface area contributed by atoms with Crippen LogP contribution in [-0.2, 0) is 4.79 Å². The van der Waals surface area contributed by atoms with Crippen LogP contribution in [0.2, 0.25) is 0 Å². The molecule has 4 atom stereocenters. The molecule has 3 aliphatic rings. The van der Waals surface area contributed by atoms with Gasteiger partial charge in [0.25, 0.3) is 0 Å². The van der Waals surface area contributed by atoms with Crippen molar-refractivity contribution in [2.45, 2.75) is 37.8 Å². The van der Waals surface area contributed by atoms with Crippen LogP contribution < -0.4 is 15.4 Å². The molecular formula is C17H22N2O2. The van der Waals surface area contributed by atoms with Gasteiger partial charge in [0.2, 0.25) is 5.91 Å². The second kappa shape index (κ2) is 5.34. The van der Waals surface area contributed by atoms with E-state index in [-0.39, 0.29) is 18.0 Å². The van der Waals surface area contributed by atoms with E-state index in [9.17, 15) is 4.79 Å². The van der Waals surface area contributed by atoms with E-state index < -0.39 is 0 Å². The molecule has 0 aromatic heterocycles. The topological polar surface area (TPSA) is 50.4 Å². The summed E-state index contributed by atoms with van der Waals surface area (Å²) in [6.07, 6.45) is 4.60. The zero-order valence-electron chi connectivity index (χ0n) is 12.2. The number of carbonyl (C=O) groups excluding carboxylic acids is 1. The maximum absolute atomic E-state index is 12.7. The van der Waals surface area contributed by atoms with Gasteiger partial charge < -0.3 is 15.4 Å². The molecule has 2 heterocycles. The Balaban J connectivity index is 1.48. The summed E-state index contributed by atoms with van der Waals surface area (Å²) in [4.78, 5) is 12.7. The van der Waals surface area contributed by atoms with Crippen LogP contribution in [0, 0.1) is 11.8 Å². The monoisotopic (exact) mass is 286 g/mol. The van der Waals surface area contributed by atoms with Crippen LogP contribution in [0.3, 0.4) is 0 Å². The van der Waals surface area contributed by atoms with Crippen molar-refractivity contribution < 1.29 is 9.53 Å². The molecule has 1 saturated heterocycles. The number of hydrogen-bond acceptors (Lipinski definition) is 3. The number of rotatable bonds is 2. The molecule has 0 radical (unpaired) electrons. The minimum atomic E-state index is 0.00695. The second-order valence-corrected chi connectivity index (χ2v) is 6.48. The number of para-hydroxylation sites is 1. The van der Waals surface area contributed by atoms with Gasteiger partial charge in [-0.1, -0.05) is 24.6 Å². The van der Waals surface area contributed by atoms with Crippen molar-refractivity contribution in [1.29, 1.82) is 0 Å². The van der Waals surface area contributed by atoms with E-state index in [0.29, 0.717) is 18.4 Å². The summed E-state index contributed by atoms with van der Waals surface area (Å²) in [6.45, 7) is 1.68. The molecule has 4 heteroatoms. The van der Waals surface area contributed by atoms with Crippen LogP contribution in [0.25, 0.3) is 0 Å². The van der Waals surface area contributed by atoms with Gasteiger partial charge in [0.15, 0.2) is 0 Å². The maximum Gasteiger partial charge on any atom is 0.237 e. The normalized spacial score (nSPS) is 33.9. The standard InChI is InChI=1S/C17H22N2O2/c20-17(16-12-6-3-4-11(12)10-18-16)19-14-8-9-21-15-7-2-1-5-13(14)15/h1-2,5,7,11-12,14,16,18H,3-4,6,8-10H2,(H,19,20). The van der Waals surface area contributed by atoms with Crippen molar-refractivity contribution in [3.05, 3.63) is 29.8 Å². The van der Waals surface area contributed by atoms with E-state index in [1.165, 1.54) is 19.3 Å². The van der Waals surface area contributed by atoms with Crippen molar-refractivity contribution in [2.24, 2.45) is 11.8 Å². The lowest BCUT2D eigenvalue weighted by atomic mass is 9.93. The number of nitrogens with one attached hydrogen (secondary N) is 2. The van der Waals surface area contributed by atoms with Crippen LogP contribution in [0.15, 0.2) is 24.3 Å². The summed E-state index contributed by atoms with van der Waals surface area (Å²) in [5.74, 6) is 2.33. The van der Waals surface area contributed by atoms with E-state index in [1.807, 2.05) is 18.2 Å². The average molecular weight is 286 g/mol. The van der Waals surface area contributed by atoms with Gasteiger partial charge in [0.05, 0.1) is 18.7 Å². The fourth-order valence-corrected chi connectivity index (χ4v) is 4.23. The molecule has 1 amide bonds. The highest BCUT2D eigenvalue weighted by Crippen LogP contribution is 2.38. The number of benzene rings is 1. The van der Waals surface area contributed by atoms with Crippen LogP contribution in [0.4, 0.5) is 0 Å². The van der Waals surface area contributed by atoms with Crippen molar-refractivity contribution in [1.82, 2.24) is 10.6 Å². The molecule has 0 bridgehead atoms. The molecule has 2 fully saturated rings. The predicted octanol–water partition coefficient (Wildman–Crippen LogP) is 2.01. The lowest BCUT2D eigenvalue weighted by Gasteiger charge is -2.28. The van der Waals surface area contributed by atoms with E-state index >= 15 is 0 Å². The van der Waals surface area contributed by atoms with E-state index in [0.717, 1.165) is 24.3 Å². The molecule has 4 unspecified atom stereocenters. The highest BCUT2D eigenvalue weighted by Gasteiger charge is 2.42. The summed E-state index contributed by atoms with van der Waals surface area (Å²) in [6, 6.07) is 8.12. The molecule has 112 valence electrons. The lowest BCUT2D eigenvalue weighted by molar-refractivity contribution is -0.124. The zero-order chi connectivity index (χ0) is 14.2. The third kappa shape index (κ3) is 2.31. The van der Waals surface area contributed by atoms with Gasteiger partial charge >= 0.3 is 0 Å². The molecule has 21 heavy (non-hydrogen) atoms. The highest BCUT2D eigenvalue weighted by molar-refractivity contribution is 5.83. The Kier molecular flexibility index (Phi) is 3.34. The van der Waals surface area contributed by atoms with Crippen molar-refractivity contribution >= 4 is 5.91 Å². The number of amides is 1. The third-order valence-electron chi connectivity index (χ3n) is 5.30. The first-order chi connectivity index (χ1) is 10.3. The first-order valence-corrected chi connectivity index (χ1v) is 8.08. The van der Waals surface area contributed by atoms with Gasteiger partial charge in [0, 0.05) is 12.0 Å². The van der Waals surface area contributed by atoms with Crippen LogP contribution in [0.1, 0.15) is 37.3 Å². The third-order valence-corrected chi connectivity index (χ3v) is 5.30. The lowest BCUT2D eigenvalue weighted by Crippen LogP contribution is -2.45. The average Bonchev–Trinajstić information content (AvgIpc) is 3.10. The quantitative estimate of drug-likeness (QED) is 0.874. The second-order valence-electron chi connectivity index (χ2n) is 6.48. The molecule has 1 saturated carbocycles. The summed E-state index contributed by atoms with van der Waals surface area (Å²) < 4.78 is 5.66. The van der Waals surface area contributed by atoms with E-state index in [1.54, 1.807) is 0 Å². The smallest absolute Gasteiger partial charge is 0.237 e. The molecule has 4 nitrogen and oxygen atoms in total. The van der Waals surface area contributed by atoms with Crippen LogP contribution in [-0.4, -0.2) is 25.1 Å². The first-order valence-electron chi connectivity index (χ1n) is 8.08. The van der Waals surface area contributed by atoms with Gasteiger partial charge in [-0.2, -0.15) is 0 Å². The van der Waals surface area contributed by atoms with Gasteiger partial charge in [-0.15, -0.1) is 0 Å². The summed E-state index contributed by atoms with van der Waals surface area (Å²) in [5.41, 5.74) is 1.11. The van der Waals surface area contributed by atoms with Gasteiger partial charge in [-0.3, -0.25) is 4.79 Å². The van der Waals surface area contributed by atoms with Crippen molar-refractivity contribution in [3.8, 4) is 5.75 Å². The Hall–Kier alpha value is -1.55. The molecule has 2 aliphatic heterocycles. The molecule has 1 aliphatic carbocycles. The Bertz CT molecular complexity index is 545. The zero-order valence-corrected chi connectivity index (χ0v) is 12.2. The number of fused-ring (bicyclic) bond motifs is 2. The van der Waals surface area contributed by atoms with Crippen molar-refractivity contribution in [3.63, 3.8) is 0 Å². The highest BCUT2D eigenvalue weighted by atomic mass is 16.5. The Morgan fingerprint density at radius 2 is 2.14 bits per heavy atom. The Morgan fingerprint density at radius 3 is 3.10 bits per heavy atom. The van der Waals surface area contributed by atoms with Gasteiger partial charge in [0.1, 0.15) is 5.75 Å². The molecule has 2 N–H and O–H groups in total. The Morgan fingerprint density at radius 1 is 1.24 bits per heavy atom.